The van der Waals surface area contributed by atoms with Crippen molar-refractivity contribution in [1.82, 2.24) is 0 Å². The number of rotatable bonds is 8. The molecule has 0 rings (SSSR count). The third-order valence-electron chi connectivity index (χ3n) is 3.94. The monoisotopic (exact) mass is 212 g/mol. The van der Waals surface area contributed by atoms with Crippen LogP contribution in [-0.4, -0.2) is 0 Å². The van der Waals surface area contributed by atoms with E-state index in [1.165, 1.54) is 32.1 Å². The lowest BCUT2D eigenvalue weighted by Crippen LogP contribution is -2.13. The summed E-state index contributed by atoms with van der Waals surface area (Å²) in [5.41, 5.74) is 0. The fourth-order valence-electron chi connectivity index (χ4n) is 2.41. The van der Waals surface area contributed by atoms with E-state index in [1.54, 1.807) is 0 Å². The minimum absolute atomic E-state index is 0.848. The molecule has 0 saturated heterocycles. The molecule has 0 heterocycles. The van der Waals surface area contributed by atoms with Gasteiger partial charge in [-0.05, 0) is 36.5 Å². The van der Waals surface area contributed by atoms with Crippen LogP contribution in [0.15, 0.2) is 0 Å². The average molecular weight is 212 g/mol. The summed E-state index contributed by atoms with van der Waals surface area (Å²) in [5, 5.41) is 0. The normalized spacial score (nSPS) is 17.8. The van der Waals surface area contributed by atoms with Crippen molar-refractivity contribution in [3.8, 4) is 0 Å². The molecule has 0 nitrogen and oxygen atoms in total. The largest absolute Gasteiger partial charge is 0.0654 e. The summed E-state index contributed by atoms with van der Waals surface area (Å²) in [7, 11) is 0. The van der Waals surface area contributed by atoms with E-state index in [0.29, 0.717) is 0 Å². The summed E-state index contributed by atoms with van der Waals surface area (Å²) in [6, 6.07) is 0. The predicted molar refractivity (Wildman–Crippen MR) is 71.1 cm³/mol. The zero-order valence-corrected chi connectivity index (χ0v) is 11.8. The molecule has 0 fully saturated rings. The highest BCUT2D eigenvalue weighted by atomic mass is 14.2. The van der Waals surface area contributed by atoms with Crippen LogP contribution < -0.4 is 0 Å². The molecule has 0 saturated carbocycles. The van der Waals surface area contributed by atoms with Crippen LogP contribution in [0.25, 0.3) is 0 Å². The van der Waals surface area contributed by atoms with E-state index in [9.17, 15) is 0 Å². The first-order valence-corrected chi connectivity index (χ1v) is 7.01. The molecule has 0 heteroatoms. The standard InChI is InChI=1S/C15H32/c1-7-9-13(5)10-15(8-2)11-14(6)12(3)4/h12-15H,7-11H2,1-6H3. The van der Waals surface area contributed by atoms with Crippen molar-refractivity contribution >= 4 is 0 Å². The van der Waals surface area contributed by atoms with Crippen molar-refractivity contribution < 1.29 is 0 Å². The van der Waals surface area contributed by atoms with E-state index in [1.807, 2.05) is 0 Å². The second-order valence-corrected chi connectivity index (χ2v) is 5.86. The van der Waals surface area contributed by atoms with Gasteiger partial charge in [-0.15, -0.1) is 0 Å². The Kier molecular flexibility index (Phi) is 8.19. The van der Waals surface area contributed by atoms with Gasteiger partial charge in [0.05, 0.1) is 0 Å². The molecule has 0 bridgehead atoms. The molecule has 0 N–H and O–H groups in total. The van der Waals surface area contributed by atoms with E-state index < -0.39 is 0 Å². The molecule has 3 unspecified atom stereocenters. The smallest absolute Gasteiger partial charge is 0.0412 e. The van der Waals surface area contributed by atoms with Gasteiger partial charge in [-0.1, -0.05) is 60.8 Å². The summed E-state index contributed by atoms with van der Waals surface area (Å²) in [4.78, 5) is 0. The van der Waals surface area contributed by atoms with Crippen molar-refractivity contribution in [2.24, 2.45) is 23.7 Å². The van der Waals surface area contributed by atoms with Crippen LogP contribution in [0.1, 0.15) is 73.6 Å². The first-order valence-electron chi connectivity index (χ1n) is 7.01. The van der Waals surface area contributed by atoms with E-state index in [0.717, 1.165) is 23.7 Å². The van der Waals surface area contributed by atoms with Gasteiger partial charge in [0.1, 0.15) is 0 Å². The summed E-state index contributed by atoms with van der Waals surface area (Å²) in [6.07, 6.45) is 7.00. The lowest BCUT2D eigenvalue weighted by molar-refractivity contribution is 0.269. The molecule has 0 spiro atoms. The van der Waals surface area contributed by atoms with Gasteiger partial charge in [0.2, 0.25) is 0 Å². The summed E-state index contributed by atoms with van der Waals surface area (Å²) >= 11 is 0. The summed E-state index contributed by atoms with van der Waals surface area (Å²) < 4.78 is 0. The Morgan fingerprint density at radius 3 is 1.87 bits per heavy atom. The molecule has 0 aliphatic heterocycles. The molecule has 0 radical (unpaired) electrons. The van der Waals surface area contributed by atoms with Crippen LogP contribution in [0, 0.1) is 23.7 Å². The SMILES string of the molecule is CCCC(C)CC(CC)CC(C)C(C)C. The zero-order valence-electron chi connectivity index (χ0n) is 11.8. The van der Waals surface area contributed by atoms with E-state index in [2.05, 4.69) is 41.5 Å². The molecule has 92 valence electrons. The highest BCUT2D eigenvalue weighted by Crippen LogP contribution is 2.28. The van der Waals surface area contributed by atoms with Gasteiger partial charge in [-0.3, -0.25) is 0 Å². The van der Waals surface area contributed by atoms with Gasteiger partial charge in [0.25, 0.3) is 0 Å². The maximum atomic E-state index is 2.42. The summed E-state index contributed by atoms with van der Waals surface area (Å²) in [6.45, 7) is 14.2. The second kappa shape index (κ2) is 8.19. The molecule has 0 aromatic carbocycles. The van der Waals surface area contributed by atoms with Gasteiger partial charge in [-0.25, -0.2) is 0 Å². The van der Waals surface area contributed by atoms with Crippen LogP contribution in [0.5, 0.6) is 0 Å². The van der Waals surface area contributed by atoms with Crippen molar-refractivity contribution in [2.45, 2.75) is 73.6 Å². The molecule has 3 atom stereocenters. The molecule has 15 heavy (non-hydrogen) atoms. The predicted octanol–water partition coefficient (Wildman–Crippen LogP) is 5.52. The van der Waals surface area contributed by atoms with E-state index >= 15 is 0 Å². The topological polar surface area (TPSA) is 0 Å². The summed E-state index contributed by atoms with van der Waals surface area (Å²) in [5.74, 6) is 3.63. The van der Waals surface area contributed by atoms with Crippen molar-refractivity contribution in [3.63, 3.8) is 0 Å². The second-order valence-electron chi connectivity index (χ2n) is 5.86. The van der Waals surface area contributed by atoms with Gasteiger partial charge in [0.15, 0.2) is 0 Å². The van der Waals surface area contributed by atoms with Crippen LogP contribution >= 0.6 is 0 Å². The lowest BCUT2D eigenvalue weighted by Gasteiger charge is -2.24. The van der Waals surface area contributed by atoms with Crippen LogP contribution in [-0.2, 0) is 0 Å². The molecular formula is C15H32. The maximum Gasteiger partial charge on any atom is -0.0412 e. The fourth-order valence-corrected chi connectivity index (χ4v) is 2.41. The van der Waals surface area contributed by atoms with Crippen molar-refractivity contribution in [3.05, 3.63) is 0 Å². The lowest BCUT2D eigenvalue weighted by atomic mass is 9.81. The Morgan fingerprint density at radius 2 is 1.47 bits per heavy atom. The Morgan fingerprint density at radius 1 is 0.867 bits per heavy atom. The Balaban J connectivity index is 3.91. The van der Waals surface area contributed by atoms with Crippen LogP contribution in [0.3, 0.4) is 0 Å². The molecule has 0 amide bonds. The third kappa shape index (κ3) is 6.98. The molecule has 0 aromatic rings. The van der Waals surface area contributed by atoms with Gasteiger partial charge in [-0.2, -0.15) is 0 Å². The molecular weight excluding hydrogens is 180 g/mol. The van der Waals surface area contributed by atoms with Crippen molar-refractivity contribution in [2.75, 3.05) is 0 Å². The van der Waals surface area contributed by atoms with Gasteiger partial charge in [0, 0.05) is 0 Å². The number of hydrogen-bond donors (Lipinski definition) is 0. The van der Waals surface area contributed by atoms with E-state index in [-0.39, 0.29) is 0 Å². The van der Waals surface area contributed by atoms with Gasteiger partial charge < -0.3 is 0 Å². The van der Waals surface area contributed by atoms with Gasteiger partial charge >= 0.3 is 0 Å². The van der Waals surface area contributed by atoms with Crippen LogP contribution in [0.2, 0.25) is 0 Å². The zero-order chi connectivity index (χ0) is 11.8. The Bertz CT molecular complexity index is 137. The highest BCUT2D eigenvalue weighted by Gasteiger charge is 2.16. The fraction of sp³-hybridized carbons (Fsp3) is 1.00. The Hall–Kier alpha value is 0. The quantitative estimate of drug-likeness (QED) is 0.497. The third-order valence-corrected chi connectivity index (χ3v) is 3.94. The molecule has 0 aromatic heterocycles. The minimum Gasteiger partial charge on any atom is -0.0654 e. The van der Waals surface area contributed by atoms with Crippen LogP contribution in [0.4, 0.5) is 0 Å². The number of hydrogen-bond acceptors (Lipinski definition) is 0. The first kappa shape index (κ1) is 15.0. The molecule has 0 aliphatic carbocycles. The van der Waals surface area contributed by atoms with E-state index in [4.69, 9.17) is 0 Å². The Labute approximate surface area is 97.8 Å². The maximum absolute atomic E-state index is 2.42. The molecule has 0 aliphatic rings. The van der Waals surface area contributed by atoms with Crippen molar-refractivity contribution in [1.29, 1.82) is 0 Å². The minimum atomic E-state index is 0.848. The highest BCUT2D eigenvalue weighted by molar-refractivity contribution is 4.67. The first-order chi connectivity index (χ1) is 7.01. The average Bonchev–Trinajstić information content (AvgIpc) is 2.16.